The van der Waals surface area contributed by atoms with Crippen LogP contribution in [-0.4, -0.2) is 21.2 Å². The minimum absolute atomic E-state index is 0.237. The van der Waals surface area contributed by atoms with E-state index in [4.69, 9.17) is 5.11 Å². The molecular formula is C11H15NO3. The molecule has 1 unspecified atom stereocenters. The molecule has 0 bridgehead atoms. The van der Waals surface area contributed by atoms with Crippen molar-refractivity contribution in [3.63, 3.8) is 0 Å². The number of nitrogens with one attached hydrogen (secondary N) is 1. The normalized spacial score (nSPS) is 17.1. The van der Waals surface area contributed by atoms with E-state index in [0.717, 1.165) is 12.8 Å². The first-order valence-electron chi connectivity index (χ1n) is 5.27. The zero-order valence-electron chi connectivity index (χ0n) is 8.49. The lowest BCUT2D eigenvalue weighted by molar-refractivity contribution is -0.139. The van der Waals surface area contributed by atoms with Crippen LogP contribution in [0.2, 0.25) is 0 Å². The fourth-order valence-electron chi connectivity index (χ4n) is 2.08. The van der Waals surface area contributed by atoms with Gasteiger partial charge in [0.15, 0.2) is 0 Å². The predicted octanol–water partition coefficient (Wildman–Crippen LogP) is 1.40. The molecular weight excluding hydrogens is 194 g/mol. The maximum Gasteiger partial charge on any atom is 0.306 e. The van der Waals surface area contributed by atoms with E-state index in [1.165, 1.54) is 24.1 Å². The molecule has 0 spiro atoms. The number of aromatic nitrogens is 1. The quantitative estimate of drug-likeness (QED) is 0.704. The van der Waals surface area contributed by atoms with Crippen LogP contribution < -0.4 is 0 Å². The highest BCUT2D eigenvalue weighted by Crippen LogP contribution is 2.25. The van der Waals surface area contributed by atoms with Crippen LogP contribution in [0.5, 0.6) is 0 Å². The molecule has 0 aromatic carbocycles. The van der Waals surface area contributed by atoms with Crippen LogP contribution in [0.1, 0.15) is 42.3 Å². The molecule has 2 rings (SSSR count). The van der Waals surface area contributed by atoms with Gasteiger partial charge in [-0.05, 0) is 37.3 Å². The minimum Gasteiger partial charge on any atom is -0.481 e. The number of fused-ring (bicyclic) bond motifs is 1. The molecule has 0 saturated heterocycles. The van der Waals surface area contributed by atoms with E-state index in [0.29, 0.717) is 5.69 Å². The van der Waals surface area contributed by atoms with Crippen molar-refractivity contribution < 1.29 is 15.0 Å². The first-order chi connectivity index (χ1) is 7.16. The summed E-state index contributed by atoms with van der Waals surface area (Å²) in [7, 11) is 0. The summed E-state index contributed by atoms with van der Waals surface area (Å²) in [5, 5.41) is 18.2. The Balaban J connectivity index is 2.15. The van der Waals surface area contributed by atoms with Crippen molar-refractivity contribution in [2.24, 2.45) is 0 Å². The summed E-state index contributed by atoms with van der Waals surface area (Å²) in [5.74, 6) is -0.977. The van der Waals surface area contributed by atoms with Gasteiger partial charge >= 0.3 is 5.97 Å². The van der Waals surface area contributed by atoms with Crippen molar-refractivity contribution in [2.75, 3.05) is 0 Å². The molecule has 3 N–H and O–H groups in total. The van der Waals surface area contributed by atoms with Gasteiger partial charge < -0.3 is 15.2 Å². The van der Waals surface area contributed by atoms with Gasteiger partial charge in [0.2, 0.25) is 0 Å². The van der Waals surface area contributed by atoms with Gasteiger partial charge in [-0.25, -0.2) is 0 Å². The van der Waals surface area contributed by atoms with Crippen molar-refractivity contribution in [2.45, 2.75) is 38.2 Å². The van der Waals surface area contributed by atoms with Crippen molar-refractivity contribution in [3.8, 4) is 0 Å². The Morgan fingerprint density at radius 1 is 1.47 bits per heavy atom. The lowest BCUT2D eigenvalue weighted by Crippen LogP contribution is -2.05. The second-order valence-electron chi connectivity index (χ2n) is 4.05. The summed E-state index contributed by atoms with van der Waals surface area (Å²) >= 11 is 0. The molecule has 0 fully saturated rings. The minimum atomic E-state index is -0.977. The molecule has 82 valence electrons. The van der Waals surface area contributed by atoms with E-state index >= 15 is 0 Å². The molecule has 1 aromatic rings. The Hall–Kier alpha value is -1.29. The number of aliphatic hydroxyl groups is 1. The number of aliphatic carboxylic acids is 1. The number of aliphatic hydroxyl groups excluding tert-OH is 1. The van der Waals surface area contributed by atoms with Gasteiger partial charge in [-0.3, -0.25) is 4.79 Å². The zero-order chi connectivity index (χ0) is 10.8. The molecule has 1 heterocycles. The van der Waals surface area contributed by atoms with Crippen molar-refractivity contribution >= 4 is 5.97 Å². The van der Waals surface area contributed by atoms with Crippen molar-refractivity contribution in [1.29, 1.82) is 0 Å². The zero-order valence-corrected chi connectivity index (χ0v) is 8.49. The van der Waals surface area contributed by atoms with Crippen LogP contribution in [-0.2, 0) is 17.6 Å². The van der Waals surface area contributed by atoms with E-state index < -0.39 is 12.1 Å². The van der Waals surface area contributed by atoms with Gasteiger partial charge in [-0.2, -0.15) is 0 Å². The smallest absolute Gasteiger partial charge is 0.306 e. The number of hydrogen-bond acceptors (Lipinski definition) is 2. The van der Waals surface area contributed by atoms with Crippen LogP contribution in [0.15, 0.2) is 6.07 Å². The molecule has 4 nitrogen and oxygen atoms in total. The standard InChI is InChI=1S/C11H15NO3/c13-10(6-11(14)15)9-5-7-3-1-2-4-8(7)12-9/h5,10,12-13H,1-4,6H2,(H,14,15). The number of H-pyrrole nitrogens is 1. The molecule has 0 amide bonds. The van der Waals surface area contributed by atoms with E-state index in [-0.39, 0.29) is 6.42 Å². The third-order valence-corrected chi connectivity index (χ3v) is 2.86. The number of carbonyl (C=O) groups is 1. The van der Waals surface area contributed by atoms with Gasteiger partial charge in [-0.1, -0.05) is 0 Å². The Bertz CT molecular complexity index is 346. The molecule has 1 atom stereocenters. The van der Waals surface area contributed by atoms with Crippen LogP contribution in [0.25, 0.3) is 0 Å². The van der Waals surface area contributed by atoms with Gasteiger partial charge in [0.05, 0.1) is 6.42 Å². The highest BCUT2D eigenvalue weighted by Gasteiger charge is 2.18. The number of aromatic amines is 1. The molecule has 0 saturated carbocycles. The summed E-state index contributed by atoms with van der Waals surface area (Å²) in [6.45, 7) is 0. The highest BCUT2D eigenvalue weighted by molar-refractivity contribution is 5.67. The summed E-state index contributed by atoms with van der Waals surface area (Å²) < 4.78 is 0. The van der Waals surface area contributed by atoms with E-state index in [9.17, 15) is 9.90 Å². The molecule has 1 aromatic heterocycles. The Morgan fingerprint density at radius 2 is 2.20 bits per heavy atom. The second-order valence-corrected chi connectivity index (χ2v) is 4.05. The molecule has 1 aliphatic rings. The Labute approximate surface area is 87.9 Å². The fourth-order valence-corrected chi connectivity index (χ4v) is 2.08. The first kappa shape index (κ1) is 10.2. The lowest BCUT2D eigenvalue weighted by Gasteiger charge is -2.09. The second kappa shape index (κ2) is 4.06. The number of rotatable bonds is 3. The van der Waals surface area contributed by atoms with E-state index in [2.05, 4.69) is 4.98 Å². The average Bonchev–Trinajstić information content (AvgIpc) is 2.59. The average molecular weight is 209 g/mol. The third kappa shape index (κ3) is 2.21. The molecule has 4 heteroatoms. The predicted molar refractivity (Wildman–Crippen MR) is 54.6 cm³/mol. The highest BCUT2D eigenvalue weighted by atomic mass is 16.4. The van der Waals surface area contributed by atoms with Crippen LogP contribution in [0, 0.1) is 0 Å². The van der Waals surface area contributed by atoms with Crippen LogP contribution >= 0.6 is 0 Å². The summed E-state index contributed by atoms with van der Waals surface area (Å²) in [6.07, 6.45) is 3.25. The topological polar surface area (TPSA) is 73.3 Å². The van der Waals surface area contributed by atoms with Gasteiger partial charge in [-0.15, -0.1) is 0 Å². The van der Waals surface area contributed by atoms with E-state index in [1.54, 1.807) is 0 Å². The van der Waals surface area contributed by atoms with Crippen molar-refractivity contribution in [3.05, 3.63) is 23.0 Å². The molecule has 0 aliphatic heterocycles. The number of hydrogen-bond donors (Lipinski definition) is 3. The Kier molecular flexibility index (Phi) is 2.77. The number of aryl methyl sites for hydroxylation is 2. The maximum atomic E-state index is 10.5. The maximum absolute atomic E-state index is 10.5. The number of carboxylic acids is 1. The monoisotopic (exact) mass is 209 g/mol. The third-order valence-electron chi connectivity index (χ3n) is 2.86. The van der Waals surface area contributed by atoms with Crippen LogP contribution in [0.3, 0.4) is 0 Å². The fraction of sp³-hybridized carbons (Fsp3) is 0.545. The largest absolute Gasteiger partial charge is 0.481 e. The van der Waals surface area contributed by atoms with Crippen LogP contribution in [0.4, 0.5) is 0 Å². The lowest BCUT2D eigenvalue weighted by atomic mass is 9.98. The summed E-state index contributed by atoms with van der Waals surface area (Å²) in [6, 6.07) is 1.90. The number of carboxylic acid groups (broad SMARTS) is 1. The van der Waals surface area contributed by atoms with Gasteiger partial charge in [0.1, 0.15) is 6.10 Å². The van der Waals surface area contributed by atoms with E-state index in [1.807, 2.05) is 6.07 Å². The van der Waals surface area contributed by atoms with Gasteiger partial charge in [0, 0.05) is 11.4 Å². The summed E-state index contributed by atoms with van der Waals surface area (Å²) in [5.41, 5.74) is 3.05. The SMILES string of the molecule is O=C(O)CC(O)c1cc2c([nH]1)CCCC2. The summed E-state index contributed by atoms with van der Waals surface area (Å²) in [4.78, 5) is 13.6. The van der Waals surface area contributed by atoms with Crippen molar-refractivity contribution in [1.82, 2.24) is 4.98 Å². The first-order valence-corrected chi connectivity index (χ1v) is 5.27. The molecule has 1 aliphatic carbocycles. The molecule has 0 radical (unpaired) electrons. The molecule has 15 heavy (non-hydrogen) atoms. The van der Waals surface area contributed by atoms with Gasteiger partial charge in [0.25, 0.3) is 0 Å². The Morgan fingerprint density at radius 3 is 2.87 bits per heavy atom.